The van der Waals surface area contributed by atoms with Crippen molar-refractivity contribution in [2.24, 2.45) is 5.16 Å². The molecule has 0 amide bonds. The highest BCUT2D eigenvalue weighted by Crippen LogP contribution is 2.09. The summed E-state index contributed by atoms with van der Waals surface area (Å²) in [4.78, 5) is 7.31. The number of oxime groups is 1. The van der Waals surface area contributed by atoms with Crippen LogP contribution in [0.4, 0.5) is 0 Å². The second kappa shape index (κ2) is 8.17. The molecule has 1 fully saturated rings. The molecule has 116 valence electrons. The van der Waals surface area contributed by atoms with E-state index in [4.69, 9.17) is 16.4 Å². The number of hydrogen-bond donors (Lipinski definition) is 2. The Labute approximate surface area is 129 Å². The lowest BCUT2D eigenvalue weighted by molar-refractivity contribution is -0.904. The first-order valence-corrected chi connectivity index (χ1v) is 7.50. The highest BCUT2D eigenvalue weighted by atomic mass is 35.5. The molecule has 1 unspecified atom stereocenters. The fourth-order valence-corrected chi connectivity index (χ4v) is 2.47. The monoisotopic (exact) mass is 314 g/mol. The van der Waals surface area contributed by atoms with Crippen LogP contribution in [0.3, 0.4) is 0 Å². The van der Waals surface area contributed by atoms with Gasteiger partial charge in [-0.2, -0.15) is 0 Å². The SMILES string of the molecule is OC(CO/N=C(\Cl)c1ccc[n+](O)c1)CN1CCCCC1. The Balaban J connectivity index is 1.75. The van der Waals surface area contributed by atoms with Crippen LogP contribution >= 0.6 is 11.6 Å². The molecule has 1 atom stereocenters. The van der Waals surface area contributed by atoms with Crippen molar-refractivity contribution in [1.29, 1.82) is 0 Å². The summed E-state index contributed by atoms with van der Waals surface area (Å²) in [5.41, 5.74) is 0.534. The maximum atomic E-state index is 9.91. The van der Waals surface area contributed by atoms with Crippen molar-refractivity contribution >= 4 is 16.8 Å². The zero-order chi connectivity index (χ0) is 15.1. The Morgan fingerprint density at radius 2 is 2.19 bits per heavy atom. The van der Waals surface area contributed by atoms with E-state index in [0.717, 1.165) is 17.8 Å². The number of rotatable bonds is 6. The summed E-state index contributed by atoms with van der Waals surface area (Å²) in [6.07, 6.45) is 5.94. The van der Waals surface area contributed by atoms with Crippen LogP contribution in [0.1, 0.15) is 24.8 Å². The van der Waals surface area contributed by atoms with Crippen LogP contribution < -0.4 is 4.73 Å². The number of hydrogen-bond acceptors (Lipinski definition) is 5. The fraction of sp³-hybridized carbons (Fsp3) is 0.571. The summed E-state index contributed by atoms with van der Waals surface area (Å²) in [6.45, 7) is 2.75. The van der Waals surface area contributed by atoms with Gasteiger partial charge < -0.3 is 14.8 Å². The molecule has 0 aromatic carbocycles. The van der Waals surface area contributed by atoms with E-state index in [-0.39, 0.29) is 11.8 Å². The van der Waals surface area contributed by atoms with Crippen molar-refractivity contribution in [1.82, 2.24) is 4.90 Å². The third-order valence-electron chi connectivity index (χ3n) is 3.35. The number of β-amino-alcohol motifs (C(OH)–C–C–N with tert-alkyl or cyclic N) is 1. The van der Waals surface area contributed by atoms with E-state index in [1.807, 2.05) is 0 Å². The topological polar surface area (TPSA) is 69.2 Å². The van der Waals surface area contributed by atoms with Gasteiger partial charge in [0, 0.05) is 17.3 Å². The third kappa shape index (κ3) is 5.49. The predicted octanol–water partition coefficient (Wildman–Crippen LogP) is 0.975. The summed E-state index contributed by atoms with van der Waals surface area (Å²) in [5, 5.41) is 23.1. The van der Waals surface area contributed by atoms with Crippen molar-refractivity contribution in [3.63, 3.8) is 0 Å². The lowest BCUT2D eigenvalue weighted by Gasteiger charge is -2.27. The molecule has 0 spiro atoms. The average molecular weight is 315 g/mol. The molecule has 2 heterocycles. The number of nitrogens with zero attached hydrogens (tertiary/aromatic N) is 3. The molecule has 2 rings (SSSR count). The molecule has 7 heteroatoms. The summed E-state index contributed by atoms with van der Waals surface area (Å²) in [7, 11) is 0. The molecular formula is C14H21ClN3O3+. The largest absolute Gasteiger partial charge is 0.392 e. The van der Waals surface area contributed by atoms with E-state index in [9.17, 15) is 10.3 Å². The lowest BCUT2D eigenvalue weighted by atomic mass is 10.1. The molecule has 1 aromatic heterocycles. The number of piperidine rings is 1. The summed E-state index contributed by atoms with van der Waals surface area (Å²) < 4.78 is 0.887. The summed E-state index contributed by atoms with van der Waals surface area (Å²) in [6, 6.07) is 3.34. The number of aliphatic hydroxyl groups is 1. The van der Waals surface area contributed by atoms with E-state index in [2.05, 4.69) is 10.1 Å². The highest BCUT2D eigenvalue weighted by molar-refractivity contribution is 6.69. The summed E-state index contributed by atoms with van der Waals surface area (Å²) in [5.74, 6) is 0. The molecule has 2 N–H and O–H groups in total. The molecule has 1 aromatic rings. The third-order valence-corrected chi connectivity index (χ3v) is 3.64. The standard InChI is InChI=1S/C14H21ClN3O3/c15-14(12-5-4-8-18(20)9-12)16-21-11-13(19)10-17-6-2-1-3-7-17/h4-5,8-9,13,19-20H,1-3,6-7,10-11H2/q+1/b16-14-. The molecule has 1 aliphatic rings. The van der Waals surface area contributed by atoms with E-state index < -0.39 is 6.10 Å². The van der Waals surface area contributed by atoms with E-state index >= 15 is 0 Å². The second-order valence-corrected chi connectivity index (χ2v) is 5.52. The van der Waals surface area contributed by atoms with Gasteiger partial charge in [-0.3, -0.25) is 5.21 Å². The van der Waals surface area contributed by atoms with Crippen LogP contribution in [0.5, 0.6) is 0 Å². The number of aromatic nitrogens is 1. The molecule has 1 saturated heterocycles. The molecule has 0 aliphatic carbocycles. The molecule has 21 heavy (non-hydrogen) atoms. The Kier molecular flexibility index (Phi) is 6.22. The van der Waals surface area contributed by atoms with Crippen molar-refractivity contribution in [2.45, 2.75) is 25.4 Å². The first-order valence-electron chi connectivity index (χ1n) is 7.12. The minimum atomic E-state index is -0.588. The number of likely N-dealkylation sites (tertiary alicyclic amines) is 1. The van der Waals surface area contributed by atoms with Gasteiger partial charge in [0.2, 0.25) is 12.4 Å². The van der Waals surface area contributed by atoms with E-state index in [1.165, 1.54) is 31.7 Å². The maximum absolute atomic E-state index is 9.91. The van der Waals surface area contributed by atoms with Crippen molar-refractivity contribution in [2.75, 3.05) is 26.2 Å². The zero-order valence-electron chi connectivity index (χ0n) is 11.9. The number of halogens is 1. The highest BCUT2D eigenvalue weighted by Gasteiger charge is 2.15. The van der Waals surface area contributed by atoms with Crippen molar-refractivity contribution in [3.05, 3.63) is 30.1 Å². The van der Waals surface area contributed by atoms with Gasteiger partial charge >= 0.3 is 0 Å². The maximum Gasteiger partial charge on any atom is 0.232 e. The predicted molar refractivity (Wildman–Crippen MR) is 78.5 cm³/mol. The molecular weight excluding hydrogens is 294 g/mol. The minimum absolute atomic E-state index is 0.0959. The minimum Gasteiger partial charge on any atom is -0.392 e. The Bertz CT molecular complexity index is 478. The summed E-state index contributed by atoms with van der Waals surface area (Å²) >= 11 is 5.96. The van der Waals surface area contributed by atoms with Gasteiger partial charge in [-0.15, -0.1) is 0 Å². The second-order valence-electron chi connectivity index (χ2n) is 5.17. The molecule has 1 aliphatic heterocycles. The smallest absolute Gasteiger partial charge is 0.232 e. The van der Waals surface area contributed by atoms with Crippen LogP contribution in [0, 0.1) is 0 Å². The Morgan fingerprint density at radius 3 is 2.90 bits per heavy atom. The molecule has 0 radical (unpaired) electrons. The molecule has 6 nitrogen and oxygen atoms in total. The van der Waals surface area contributed by atoms with Gasteiger partial charge in [-0.05, 0) is 32.0 Å². The van der Waals surface area contributed by atoms with Gasteiger partial charge in [0.25, 0.3) is 0 Å². The van der Waals surface area contributed by atoms with Crippen LogP contribution in [0.2, 0.25) is 0 Å². The first-order chi connectivity index (χ1) is 10.1. The quantitative estimate of drug-likeness (QED) is 0.355. The van der Waals surface area contributed by atoms with Gasteiger partial charge in [0.15, 0.2) is 5.17 Å². The average Bonchev–Trinajstić information content (AvgIpc) is 2.48. The Morgan fingerprint density at radius 1 is 1.43 bits per heavy atom. The first kappa shape index (κ1) is 16.0. The van der Waals surface area contributed by atoms with Crippen LogP contribution in [-0.2, 0) is 4.84 Å². The number of pyridine rings is 1. The van der Waals surface area contributed by atoms with Crippen molar-refractivity contribution < 1.29 is 19.9 Å². The van der Waals surface area contributed by atoms with Crippen molar-refractivity contribution in [3.8, 4) is 0 Å². The zero-order valence-corrected chi connectivity index (χ0v) is 12.6. The fourth-order valence-electron chi connectivity index (χ4n) is 2.31. The van der Waals surface area contributed by atoms with Gasteiger partial charge in [-0.1, -0.05) is 23.2 Å². The van der Waals surface area contributed by atoms with Crippen LogP contribution in [0.15, 0.2) is 29.7 Å². The Hall–Kier alpha value is -1.37. The molecule has 0 saturated carbocycles. The normalized spacial score (nSPS) is 18.5. The molecule has 0 bridgehead atoms. The number of aliphatic hydroxyl groups excluding tert-OH is 1. The van der Waals surface area contributed by atoms with E-state index in [0.29, 0.717) is 12.1 Å². The van der Waals surface area contributed by atoms with Crippen LogP contribution in [0.25, 0.3) is 0 Å². The van der Waals surface area contributed by atoms with Gasteiger partial charge in [0.05, 0.1) is 5.56 Å². The van der Waals surface area contributed by atoms with Gasteiger partial charge in [-0.25, -0.2) is 0 Å². The lowest BCUT2D eigenvalue weighted by Crippen LogP contribution is -2.38. The van der Waals surface area contributed by atoms with Crippen LogP contribution in [-0.4, -0.2) is 52.7 Å². The van der Waals surface area contributed by atoms with Gasteiger partial charge in [0.1, 0.15) is 12.7 Å². The van der Waals surface area contributed by atoms with E-state index in [1.54, 1.807) is 12.1 Å².